The van der Waals surface area contributed by atoms with Crippen LogP contribution in [0.3, 0.4) is 0 Å². The molecule has 4 heteroatoms. The summed E-state index contributed by atoms with van der Waals surface area (Å²) in [7, 11) is 1.63. The van der Waals surface area contributed by atoms with Gasteiger partial charge in [0.15, 0.2) is 0 Å². The van der Waals surface area contributed by atoms with Gasteiger partial charge in [-0.3, -0.25) is 0 Å². The predicted octanol–water partition coefficient (Wildman–Crippen LogP) is 1.91. The molecule has 94 valence electrons. The van der Waals surface area contributed by atoms with Crippen LogP contribution in [0.15, 0.2) is 18.3 Å². The monoisotopic (exact) mass is 236 g/mol. The Morgan fingerprint density at radius 2 is 2.24 bits per heavy atom. The first-order chi connectivity index (χ1) is 8.33. The van der Waals surface area contributed by atoms with E-state index in [1.165, 1.54) is 12.8 Å². The van der Waals surface area contributed by atoms with Crippen LogP contribution in [-0.4, -0.2) is 30.4 Å². The van der Waals surface area contributed by atoms with E-state index in [1.807, 2.05) is 12.1 Å². The third kappa shape index (κ3) is 3.09. The zero-order valence-corrected chi connectivity index (χ0v) is 10.2. The van der Waals surface area contributed by atoms with Gasteiger partial charge in [0, 0.05) is 13.2 Å². The third-order valence-electron chi connectivity index (χ3n) is 3.57. The van der Waals surface area contributed by atoms with Crippen molar-refractivity contribution in [1.82, 2.24) is 4.98 Å². The van der Waals surface area contributed by atoms with Crippen LogP contribution in [-0.2, 0) is 0 Å². The fourth-order valence-corrected chi connectivity index (χ4v) is 2.46. The summed E-state index contributed by atoms with van der Waals surface area (Å²) in [6, 6.07) is 3.81. The van der Waals surface area contributed by atoms with E-state index in [-0.39, 0.29) is 0 Å². The molecule has 2 atom stereocenters. The Labute approximate surface area is 102 Å². The maximum atomic E-state index is 9.24. The summed E-state index contributed by atoms with van der Waals surface area (Å²) in [4.78, 5) is 4.26. The van der Waals surface area contributed by atoms with Crippen molar-refractivity contribution in [1.29, 1.82) is 0 Å². The van der Waals surface area contributed by atoms with Crippen molar-refractivity contribution >= 4 is 5.82 Å². The lowest BCUT2D eigenvalue weighted by atomic mass is 9.97. The lowest BCUT2D eigenvalue weighted by Crippen LogP contribution is -2.21. The van der Waals surface area contributed by atoms with Gasteiger partial charge in [0.25, 0.3) is 0 Å². The zero-order valence-electron chi connectivity index (χ0n) is 10.2. The van der Waals surface area contributed by atoms with Crippen LogP contribution in [0, 0.1) is 11.8 Å². The summed E-state index contributed by atoms with van der Waals surface area (Å²) in [5.41, 5.74) is 0. The molecule has 0 saturated heterocycles. The van der Waals surface area contributed by atoms with Crippen molar-refractivity contribution in [2.75, 3.05) is 25.6 Å². The van der Waals surface area contributed by atoms with Crippen LogP contribution in [0.25, 0.3) is 0 Å². The quantitative estimate of drug-likeness (QED) is 0.820. The average molecular weight is 236 g/mol. The molecule has 1 aliphatic carbocycles. The molecular weight excluding hydrogens is 216 g/mol. The molecule has 0 aromatic carbocycles. The van der Waals surface area contributed by atoms with E-state index in [2.05, 4.69) is 10.3 Å². The summed E-state index contributed by atoms with van der Waals surface area (Å²) >= 11 is 0. The average Bonchev–Trinajstić information content (AvgIpc) is 2.84. The van der Waals surface area contributed by atoms with E-state index in [9.17, 15) is 5.11 Å². The number of aliphatic hydroxyl groups is 1. The van der Waals surface area contributed by atoms with Crippen molar-refractivity contribution in [3.8, 4) is 5.75 Å². The topological polar surface area (TPSA) is 54.4 Å². The van der Waals surface area contributed by atoms with Gasteiger partial charge in [-0.25, -0.2) is 4.98 Å². The van der Waals surface area contributed by atoms with E-state index in [0.717, 1.165) is 24.5 Å². The molecule has 0 aliphatic heterocycles. The van der Waals surface area contributed by atoms with Gasteiger partial charge in [-0.1, -0.05) is 6.42 Å². The minimum atomic E-state index is 0.308. The molecule has 1 aromatic heterocycles. The fourth-order valence-electron chi connectivity index (χ4n) is 2.46. The van der Waals surface area contributed by atoms with Gasteiger partial charge in [-0.2, -0.15) is 0 Å². The number of ether oxygens (including phenoxy) is 1. The molecule has 0 amide bonds. The van der Waals surface area contributed by atoms with E-state index in [0.29, 0.717) is 18.4 Å². The van der Waals surface area contributed by atoms with E-state index in [1.54, 1.807) is 13.3 Å². The number of pyridine rings is 1. The molecule has 4 nitrogen and oxygen atoms in total. The van der Waals surface area contributed by atoms with Crippen LogP contribution in [0.4, 0.5) is 5.82 Å². The zero-order chi connectivity index (χ0) is 12.1. The second-order valence-electron chi connectivity index (χ2n) is 4.60. The molecule has 1 heterocycles. The van der Waals surface area contributed by atoms with Crippen molar-refractivity contribution in [3.05, 3.63) is 18.3 Å². The summed E-state index contributed by atoms with van der Waals surface area (Å²) in [6.07, 6.45) is 5.29. The van der Waals surface area contributed by atoms with Gasteiger partial charge in [0.1, 0.15) is 11.6 Å². The van der Waals surface area contributed by atoms with Gasteiger partial charge in [0.05, 0.1) is 13.3 Å². The lowest BCUT2D eigenvalue weighted by molar-refractivity contribution is 0.199. The van der Waals surface area contributed by atoms with Gasteiger partial charge in [0.2, 0.25) is 0 Å². The second kappa shape index (κ2) is 5.87. The standard InChI is InChI=1S/C13H20N2O2/c1-17-12-5-6-13(15-8-12)14-7-10-3-2-4-11(10)9-16/h5-6,8,10-11,16H,2-4,7,9H2,1H3,(H,14,15). The molecule has 1 fully saturated rings. The SMILES string of the molecule is COc1ccc(NCC2CCCC2CO)nc1. The summed E-state index contributed by atoms with van der Waals surface area (Å²) in [5.74, 6) is 2.67. The molecule has 2 unspecified atom stereocenters. The maximum absolute atomic E-state index is 9.24. The smallest absolute Gasteiger partial charge is 0.137 e. The van der Waals surface area contributed by atoms with Crippen LogP contribution in [0.1, 0.15) is 19.3 Å². The van der Waals surface area contributed by atoms with E-state index < -0.39 is 0 Å². The summed E-state index contributed by atoms with van der Waals surface area (Å²) in [5, 5.41) is 12.6. The van der Waals surface area contributed by atoms with E-state index in [4.69, 9.17) is 4.74 Å². The van der Waals surface area contributed by atoms with Gasteiger partial charge in [-0.15, -0.1) is 0 Å². The molecule has 1 aromatic rings. The Kier molecular flexibility index (Phi) is 4.20. The largest absolute Gasteiger partial charge is 0.495 e. The minimum absolute atomic E-state index is 0.308. The molecule has 0 bridgehead atoms. The fraction of sp³-hybridized carbons (Fsp3) is 0.615. The van der Waals surface area contributed by atoms with Crippen molar-refractivity contribution < 1.29 is 9.84 Å². The third-order valence-corrected chi connectivity index (χ3v) is 3.57. The van der Waals surface area contributed by atoms with Crippen LogP contribution in [0.2, 0.25) is 0 Å². The number of anilines is 1. The predicted molar refractivity (Wildman–Crippen MR) is 67.2 cm³/mol. The number of methoxy groups -OCH3 is 1. The number of rotatable bonds is 5. The van der Waals surface area contributed by atoms with Crippen LogP contribution in [0.5, 0.6) is 5.75 Å². The number of nitrogens with zero attached hydrogens (tertiary/aromatic N) is 1. The summed E-state index contributed by atoms with van der Waals surface area (Å²) in [6.45, 7) is 1.20. The molecule has 17 heavy (non-hydrogen) atoms. The molecule has 2 rings (SSSR count). The normalized spacial score (nSPS) is 23.6. The molecule has 1 aliphatic rings. The molecule has 2 N–H and O–H groups in total. The minimum Gasteiger partial charge on any atom is -0.495 e. The Hall–Kier alpha value is -1.29. The Morgan fingerprint density at radius 1 is 1.41 bits per heavy atom. The first-order valence-electron chi connectivity index (χ1n) is 6.18. The van der Waals surface area contributed by atoms with Crippen LogP contribution < -0.4 is 10.1 Å². The number of hydrogen-bond acceptors (Lipinski definition) is 4. The van der Waals surface area contributed by atoms with Crippen molar-refractivity contribution in [3.63, 3.8) is 0 Å². The number of nitrogens with one attached hydrogen (secondary N) is 1. The molecule has 0 spiro atoms. The van der Waals surface area contributed by atoms with Gasteiger partial charge in [-0.05, 0) is 36.8 Å². The Bertz CT molecular complexity index is 340. The molecule has 1 saturated carbocycles. The highest BCUT2D eigenvalue weighted by atomic mass is 16.5. The van der Waals surface area contributed by atoms with Crippen molar-refractivity contribution in [2.45, 2.75) is 19.3 Å². The number of aliphatic hydroxyl groups excluding tert-OH is 1. The summed E-state index contributed by atoms with van der Waals surface area (Å²) < 4.78 is 5.06. The van der Waals surface area contributed by atoms with E-state index >= 15 is 0 Å². The lowest BCUT2D eigenvalue weighted by Gasteiger charge is -2.18. The second-order valence-corrected chi connectivity index (χ2v) is 4.60. The highest BCUT2D eigenvalue weighted by molar-refractivity contribution is 5.37. The first kappa shape index (κ1) is 12.2. The van der Waals surface area contributed by atoms with Crippen molar-refractivity contribution in [2.24, 2.45) is 11.8 Å². The first-order valence-corrected chi connectivity index (χ1v) is 6.18. The molecular formula is C13H20N2O2. The highest BCUT2D eigenvalue weighted by Crippen LogP contribution is 2.31. The highest BCUT2D eigenvalue weighted by Gasteiger charge is 2.26. The number of aromatic nitrogens is 1. The van der Waals surface area contributed by atoms with Gasteiger partial charge >= 0.3 is 0 Å². The Balaban J connectivity index is 1.84. The Morgan fingerprint density at radius 3 is 2.88 bits per heavy atom. The molecule has 0 radical (unpaired) electrons. The number of hydrogen-bond donors (Lipinski definition) is 2. The maximum Gasteiger partial charge on any atom is 0.137 e. The van der Waals surface area contributed by atoms with Crippen LogP contribution >= 0.6 is 0 Å². The van der Waals surface area contributed by atoms with Gasteiger partial charge < -0.3 is 15.2 Å².